The third-order valence-corrected chi connectivity index (χ3v) is 4.63. The van der Waals surface area contributed by atoms with Crippen molar-refractivity contribution >= 4 is 33.5 Å². The number of benzene rings is 2. The van der Waals surface area contributed by atoms with Crippen LogP contribution in [0.2, 0.25) is 0 Å². The molecule has 1 aliphatic rings. The Morgan fingerprint density at radius 3 is 2.78 bits per heavy atom. The highest BCUT2D eigenvalue weighted by Gasteiger charge is 2.18. The summed E-state index contributed by atoms with van der Waals surface area (Å²) in [5, 5.41) is 0. The van der Waals surface area contributed by atoms with Crippen LogP contribution in [-0.2, 0) is 0 Å². The molecule has 3 heteroatoms. The maximum atomic E-state index is 4.92. The lowest BCUT2D eigenvalue weighted by molar-refractivity contribution is 0.966. The molecule has 4 aromatic rings. The van der Waals surface area contributed by atoms with Crippen molar-refractivity contribution in [1.29, 1.82) is 0 Å². The molecule has 23 heavy (non-hydrogen) atoms. The Morgan fingerprint density at radius 2 is 1.91 bits per heavy atom. The second-order valence-corrected chi connectivity index (χ2v) is 6.19. The number of rotatable bonds is 1. The van der Waals surface area contributed by atoms with Crippen LogP contribution in [0, 0.1) is 6.92 Å². The summed E-state index contributed by atoms with van der Waals surface area (Å²) in [6.45, 7) is 2.14. The molecule has 0 spiro atoms. The van der Waals surface area contributed by atoms with Gasteiger partial charge in [0.2, 0.25) is 5.78 Å². The predicted octanol–water partition coefficient (Wildman–Crippen LogP) is 4.94. The van der Waals surface area contributed by atoms with Gasteiger partial charge in [0, 0.05) is 5.70 Å². The lowest BCUT2D eigenvalue weighted by Gasteiger charge is -2.11. The molecule has 2 heterocycles. The molecule has 5 rings (SSSR count). The Kier molecular flexibility index (Phi) is 2.54. The minimum absolute atomic E-state index is 1.01. The minimum atomic E-state index is 1.01. The number of hydrogen-bond acceptors (Lipinski definition) is 1. The first-order valence-electron chi connectivity index (χ1n) is 8.07. The quantitative estimate of drug-likeness (QED) is 0.488. The van der Waals surface area contributed by atoms with Crippen molar-refractivity contribution in [2.24, 2.45) is 0 Å². The van der Waals surface area contributed by atoms with Crippen LogP contribution in [0.25, 0.3) is 33.5 Å². The molecule has 0 N–H and O–H groups in total. The topological polar surface area (TPSA) is 22.2 Å². The second kappa shape index (κ2) is 4.59. The molecule has 0 amide bonds. The number of hydrogen-bond donors (Lipinski definition) is 0. The van der Waals surface area contributed by atoms with Crippen molar-refractivity contribution in [3.05, 3.63) is 66.3 Å². The Morgan fingerprint density at radius 1 is 1.00 bits per heavy atom. The minimum Gasteiger partial charge on any atom is -0.282 e. The van der Waals surface area contributed by atoms with Gasteiger partial charge in [0.05, 0.1) is 22.1 Å². The number of aromatic nitrogens is 3. The van der Waals surface area contributed by atoms with Crippen LogP contribution >= 0.6 is 0 Å². The maximum absolute atomic E-state index is 4.92. The molecule has 2 aromatic carbocycles. The summed E-state index contributed by atoms with van der Waals surface area (Å²) in [4.78, 5) is 4.92. The van der Waals surface area contributed by atoms with Gasteiger partial charge in [-0.15, -0.1) is 0 Å². The second-order valence-electron chi connectivity index (χ2n) is 6.19. The Labute approximate surface area is 134 Å². The first-order chi connectivity index (χ1) is 11.3. The van der Waals surface area contributed by atoms with Crippen LogP contribution in [-0.4, -0.2) is 14.0 Å². The Hall–Kier alpha value is -2.81. The summed E-state index contributed by atoms with van der Waals surface area (Å²) in [7, 11) is 0. The van der Waals surface area contributed by atoms with Crippen LogP contribution in [0.15, 0.2) is 60.7 Å². The van der Waals surface area contributed by atoms with E-state index in [9.17, 15) is 0 Å². The van der Waals surface area contributed by atoms with E-state index in [2.05, 4.69) is 76.6 Å². The summed E-state index contributed by atoms with van der Waals surface area (Å²) >= 11 is 0. The van der Waals surface area contributed by atoms with E-state index in [1.807, 2.05) is 0 Å². The van der Waals surface area contributed by atoms with E-state index >= 15 is 0 Å². The molecule has 0 saturated heterocycles. The van der Waals surface area contributed by atoms with E-state index in [1.165, 1.54) is 27.8 Å². The number of allylic oxidation sites excluding steroid dienone is 4. The smallest absolute Gasteiger partial charge is 0.220 e. The Bertz CT molecular complexity index is 1120. The molecule has 0 bridgehead atoms. The third-order valence-electron chi connectivity index (χ3n) is 4.63. The monoisotopic (exact) mass is 299 g/mol. The van der Waals surface area contributed by atoms with Crippen molar-refractivity contribution in [2.45, 2.75) is 19.8 Å². The fourth-order valence-electron chi connectivity index (χ4n) is 3.57. The zero-order valence-corrected chi connectivity index (χ0v) is 13.0. The maximum Gasteiger partial charge on any atom is 0.220 e. The van der Waals surface area contributed by atoms with E-state index in [0.717, 1.165) is 24.1 Å². The first kappa shape index (κ1) is 12.7. The average Bonchev–Trinajstić information content (AvgIpc) is 3.10. The highest BCUT2D eigenvalue weighted by molar-refractivity contribution is 5.93. The van der Waals surface area contributed by atoms with Crippen LogP contribution in [0.3, 0.4) is 0 Å². The highest BCUT2D eigenvalue weighted by atomic mass is 15.2. The number of imidazole rings is 2. The highest BCUT2D eigenvalue weighted by Crippen LogP contribution is 2.31. The summed E-state index contributed by atoms with van der Waals surface area (Å²) in [6.07, 6.45) is 8.72. The van der Waals surface area contributed by atoms with Crippen molar-refractivity contribution in [3.63, 3.8) is 0 Å². The molecule has 0 atom stereocenters. The average molecular weight is 299 g/mol. The van der Waals surface area contributed by atoms with Gasteiger partial charge in [0.25, 0.3) is 0 Å². The normalized spacial score (nSPS) is 14.9. The summed E-state index contributed by atoms with van der Waals surface area (Å²) in [5.41, 5.74) is 7.25. The SMILES string of the molecule is Cc1ccc2c(c1)n1c3ccccc3nc1n2C1=CC=CCC1. The largest absolute Gasteiger partial charge is 0.282 e. The Balaban J connectivity index is 2.01. The fraction of sp³-hybridized carbons (Fsp3) is 0.150. The predicted molar refractivity (Wildman–Crippen MR) is 95.6 cm³/mol. The summed E-state index contributed by atoms with van der Waals surface area (Å²) in [5.74, 6) is 1.01. The molecule has 0 fully saturated rings. The number of nitrogens with zero attached hydrogens (tertiary/aromatic N) is 3. The molecule has 2 aromatic heterocycles. The van der Waals surface area contributed by atoms with Crippen molar-refractivity contribution < 1.29 is 0 Å². The first-order valence-corrected chi connectivity index (χ1v) is 8.07. The van der Waals surface area contributed by atoms with Crippen molar-refractivity contribution in [3.8, 4) is 0 Å². The van der Waals surface area contributed by atoms with Gasteiger partial charge in [-0.25, -0.2) is 4.98 Å². The van der Waals surface area contributed by atoms with E-state index in [4.69, 9.17) is 4.98 Å². The zero-order valence-electron chi connectivity index (χ0n) is 13.0. The molecular weight excluding hydrogens is 282 g/mol. The molecule has 0 radical (unpaired) electrons. The molecule has 3 nitrogen and oxygen atoms in total. The molecule has 0 unspecified atom stereocenters. The van der Waals surface area contributed by atoms with Crippen molar-refractivity contribution in [1.82, 2.24) is 14.0 Å². The van der Waals surface area contributed by atoms with Crippen LogP contribution in [0.5, 0.6) is 0 Å². The van der Waals surface area contributed by atoms with E-state index in [1.54, 1.807) is 0 Å². The molecule has 112 valence electrons. The standard InChI is InChI=1S/C20H17N3/c1-14-11-12-18-19(13-14)23-17-10-6-5-9-16(17)21-20(23)22(18)15-7-3-2-4-8-15/h2-3,5-7,9-13H,4,8H2,1H3. The van der Waals surface area contributed by atoms with Crippen molar-refractivity contribution in [2.75, 3.05) is 0 Å². The van der Waals surface area contributed by atoms with Crippen LogP contribution in [0.1, 0.15) is 18.4 Å². The van der Waals surface area contributed by atoms with E-state index in [0.29, 0.717) is 0 Å². The molecular formula is C20H17N3. The summed E-state index contributed by atoms with van der Waals surface area (Å²) < 4.78 is 4.61. The van der Waals surface area contributed by atoms with Crippen LogP contribution in [0.4, 0.5) is 0 Å². The van der Waals surface area contributed by atoms with E-state index in [-0.39, 0.29) is 0 Å². The van der Waals surface area contributed by atoms with Crippen LogP contribution < -0.4 is 0 Å². The van der Waals surface area contributed by atoms with Gasteiger partial charge in [0.15, 0.2) is 0 Å². The van der Waals surface area contributed by atoms with E-state index < -0.39 is 0 Å². The zero-order chi connectivity index (χ0) is 15.4. The summed E-state index contributed by atoms with van der Waals surface area (Å²) in [6, 6.07) is 15.0. The number of fused-ring (bicyclic) bond motifs is 5. The van der Waals surface area contributed by atoms with Gasteiger partial charge >= 0.3 is 0 Å². The fourth-order valence-corrected chi connectivity index (χ4v) is 3.57. The van der Waals surface area contributed by atoms with Gasteiger partial charge in [-0.05, 0) is 55.7 Å². The number of para-hydroxylation sites is 2. The lowest BCUT2D eigenvalue weighted by Crippen LogP contribution is -1.99. The van der Waals surface area contributed by atoms with Gasteiger partial charge in [-0.3, -0.25) is 8.97 Å². The molecule has 0 saturated carbocycles. The third kappa shape index (κ3) is 1.73. The van der Waals surface area contributed by atoms with Gasteiger partial charge in [0.1, 0.15) is 0 Å². The number of aryl methyl sites for hydroxylation is 1. The lowest BCUT2D eigenvalue weighted by atomic mass is 10.1. The molecule has 1 aliphatic carbocycles. The van der Waals surface area contributed by atoms with Gasteiger partial charge in [-0.2, -0.15) is 0 Å². The van der Waals surface area contributed by atoms with Gasteiger partial charge < -0.3 is 0 Å². The molecule has 0 aliphatic heterocycles. The van der Waals surface area contributed by atoms with Gasteiger partial charge in [-0.1, -0.05) is 30.4 Å².